The topological polar surface area (TPSA) is 4.93 Å². The number of benzene rings is 5. The predicted octanol–water partition coefficient (Wildman–Crippen LogP) is 8.37. The molecule has 0 saturated carbocycles. The second-order valence-electron chi connectivity index (χ2n) is 7.59. The van der Waals surface area contributed by atoms with Gasteiger partial charge in [-0.05, 0) is 57.6 Å². The van der Waals surface area contributed by atoms with Crippen molar-refractivity contribution in [3.8, 4) is 16.8 Å². The van der Waals surface area contributed by atoms with Crippen LogP contribution in [0.2, 0.25) is 0 Å². The third-order valence-electron chi connectivity index (χ3n) is 5.90. The minimum Gasteiger partial charge on any atom is -0.316 e. The van der Waals surface area contributed by atoms with E-state index in [1.165, 1.54) is 49.3 Å². The molecule has 6 aromatic rings. The molecule has 0 unspecified atom stereocenters. The number of hydrogen-bond acceptors (Lipinski definition) is 0. The predicted molar refractivity (Wildman–Crippen MR) is 131 cm³/mol. The van der Waals surface area contributed by atoms with E-state index in [2.05, 4.69) is 130 Å². The molecule has 6 rings (SSSR count). The van der Waals surface area contributed by atoms with Crippen LogP contribution >= 0.6 is 15.9 Å². The van der Waals surface area contributed by atoms with E-state index in [0.29, 0.717) is 0 Å². The summed E-state index contributed by atoms with van der Waals surface area (Å²) in [7, 11) is 0. The molecule has 0 bridgehead atoms. The largest absolute Gasteiger partial charge is 0.316 e. The molecule has 5 aromatic carbocycles. The van der Waals surface area contributed by atoms with Crippen LogP contribution in [0.4, 0.5) is 0 Å². The molecule has 2 heteroatoms. The first-order valence-electron chi connectivity index (χ1n) is 10.1. The van der Waals surface area contributed by atoms with Gasteiger partial charge < -0.3 is 4.57 Å². The Morgan fingerprint density at radius 2 is 0.933 bits per heavy atom. The third kappa shape index (κ3) is 2.68. The van der Waals surface area contributed by atoms with Gasteiger partial charge in [0, 0.05) is 27.1 Å². The average Bonchev–Trinajstić information content (AvgIpc) is 3.26. The maximum atomic E-state index is 3.51. The summed E-state index contributed by atoms with van der Waals surface area (Å²) < 4.78 is 3.41. The van der Waals surface area contributed by atoms with E-state index < -0.39 is 0 Å². The van der Waals surface area contributed by atoms with Gasteiger partial charge in [-0.3, -0.25) is 0 Å². The van der Waals surface area contributed by atoms with Crippen molar-refractivity contribution in [2.45, 2.75) is 0 Å². The van der Waals surface area contributed by atoms with Crippen LogP contribution in [0.25, 0.3) is 49.3 Å². The van der Waals surface area contributed by atoms with Gasteiger partial charge in [0.1, 0.15) is 0 Å². The lowest BCUT2D eigenvalue weighted by Crippen LogP contribution is -1.93. The fourth-order valence-electron chi connectivity index (χ4n) is 4.47. The second kappa shape index (κ2) is 6.86. The summed E-state index contributed by atoms with van der Waals surface area (Å²) in [6.07, 6.45) is 2.19. The monoisotopic (exact) mass is 447 g/mol. The number of aromatic nitrogens is 1. The molecule has 0 N–H and O–H groups in total. The Morgan fingerprint density at radius 1 is 0.467 bits per heavy atom. The Hall–Kier alpha value is -3.36. The molecule has 0 aliphatic carbocycles. The maximum absolute atomic E-state index is 3.51. The van der Waals surface area contributed by atoms with Crippen molar-refractivity contribution in [3.63, 3.8) is 0 Å². The van der Waals surface area contributed by atoms with Crippen molar-refractivity contribution >= 4 is 48.4 Å². The van der Waals surface area contributed by atoms with Gasteiger partial charge in [0.05, 0.1) is 5.52 Å². The summed E-state index contributed by atoms with van der Waals surface area (Å²) >= 11 is 3.51. The van der Waals surface area contributed by atoms with E-state index in [4.69, 9.17) is 0 Å². The van der Waals surface area contributed by atoms with Crippen molar-refractivity contribution in [1.29, 1.82) is 0 Å². The maximum Gasteiger partial charge on any atom is 0.0613 e. The van der Waals surface area contributed by atoms with E-state index in [1.54, 1.807) is 0 Å². The zero-order chi connectivity index (χ0) is 20.1. The highest BCUT2D eigenvalue weighted by Crippen LogP contribution is 2.36. The molecule has 0 saturated heterocycles. The lowest BCUT2D eigenvalue weighted by atomic mass is 9.98. The summed E-state index contributed by atoms with van der Waals surface area (Å²) in [5, 5.41) is 6.49. The fourth-order valence-corrected chi connectivity index (χ4v) is 4.74. The lowest BCUT2D eigenvalue weighted by molar-refractivity contribution is 1.13. The van der Waals surface area contributed by atoms with Gasteiger partial charge in [0.15, 0.2) is 0 Å². The first kappa shape index (κ1) is 17.5. The fraction of sp³-hybridized carbons (Fsp3) is 0. The molecule has 0 atom stereocenters. The highest BCUT2D eigenvalue weighted by Gasteiger charge is 2.12. The highest BCUT2D eigenvalue weighted by molar-refractivity contribution is 9.10. The van der Waals surface area contributed by atoms with Crippen molar-refractivity contribution in [2.24, 2.45) is 0 Å². The third-order valence-corrected chi connectivity index (χ3v) is 6.43. The van der Waals surface area contributed by atoms with Gasteiger partial charge in [-0.2, -0.15) is 0 Å². The van der Waals surface area contributed by atoms with Crippen LogP contribution in [0.15, 0.2) is 114 Å². The number of fused-ring (bicyclic) bond motifs is 6. The van der Waals surface area contributed by atoms with Crippen LogP contribution < -0.4 is 0 Å². The van der Waals surface area contributed by atoms with Gasteiger partial charge in [-0.15, -0.1) is 0 Å². The minimum atomic E-state index is 1.10. The zero-order valence-electron chi connectivity index (χ0n) is 16.2. The molecule has 0 fully saturated rings. The Labute approximate surface area is 183 Å². The Morgan fingerprint density at radius 3 is 1.53 bits per heavy atom. The van der Waals surface area contributed by atoms with E-state index in [-0.39, 0.29) is 0 Å². The van der Waals surface area contributed by atoms with Crippen LogP contribution in [-0.4, -0.2) is 4.57 Å². The summed E-state index contributed by atoms with van der Waals surface area (Å²) in [6.45, 7) is 0. The first-order chi connectivity index (χ1) is 14.8. The smallest absolute Gasteiger partial charge is 0.0613 e. The molecule has 1 aromatic heterocycles. The van der Waals surface area contributed by atoms with Crippen LogP contribution in [0.1, 0.15) is 0 Å². The molecule has 0 aliphatic rings. The normalized spacial score (nSPS) is 11.5. The van der Waals surface area contributed by atoms with Crippen molar-refractivity contribution in [3.05, 3.63) is 114 Å². The molecule has 0 spiro atoms. The lowest BCUT2D eigenvalue weighted by Gasteiger charge is -2.12. The van der Waals surface area contributed by atoms with Crippen molar-refractivity contribution in [2.75, 3.05) is 0 Å². The molecular weight excluding hydrogens is 430 g/mol. The Kier molecular flexibility index (Phi) is 4.00. The Bertz CT molecular complexity index is 1520. The number of halogens is 1. The zero-order valence-corrected chi connectivity index (χ0v) is 17.8. The Balaban J connectivity index is 1.58. The van der Waals surface area contributed by atoms with Gasteiger partial charge >= 0.3 is 0 Å². The summed E-state index contributed by atoms with van der Waals surface area (Å²) in [4.78, 5) is 0. The molecule has 0 amide bonds. The molecule has 0 radical (unpaired) electrons. The van der Waals surface area contributed by atoms with Gasteiger partial charge in [0.25, 0.3) is 0 Å². The second-order valence-corrected chi connectivity index (χ2v) is 8.51. The van der Waals surface area contributed by atoms with E-state index in [9.17, 15) is 0 Å². The van der Waals surface area contributed by atoms with Crippen molar-refractivity contribution < 1.29 is 0 Å². The summed E-state index contributed by atoms with van der Waals surface area (Å²) in [6, 6.07) is 36.9. The highest BCUT2D eigenvalue weighted by atomic mass is 79.9. The van der Waals surface area contributed by atoms with E-state index in [0.717, 1.165) is 4.47 Å². The van der Waals surface area contributed by atoms with Gasteiger partial charge in [-0.1, -0.05) is 88.7 Å². The molecule has 1 nitrogen and oxygen atoms in total. The van der Waals surface area contributed by atoms with Crippen LogP contribution in [-0.2, 0) is 0 Å². The number of nitrogens with zero attached hydrogens (tertiary/aromatic N) is 1. The van der Waals surface area contributed by atoms with E-state index in [1.807, 2.05) is 0 Å². The van der Waals surface area contributed by atoms with Crippen LogP contribution in [0.3, 0.4) is 0 Å². The van der Waals surface area contributed by atoms with Crippen LogP contribution in [0, 0.1) is 0 Å². The van der Waals surface area contributed by atoms with Gasteiger partial charge in [-0.25, -0.2) is 0 Å². The van der Waals surface area contributed by atoms with Crippen LogP contribution in [0.5, 0.6) is 0 Å². The van der Waals surface area contributed by atoms with Crippen molar-refractivity contribution in [1.82, 2.24) is 4.57 Å². The van der Waals surface area contributed by atoms with Gasteiger partial charge in [0.2, 0.25) is 0 Å². The minimum absolute atomic E-state index is 1.10. The summed E-state index contributed by atoms with van der Waals surface area (Å²) in [5.74, 6) is 0. The quantitative estimate of drug-likeness (QED) is 0.235. The standard InChI is InChI=1S/C28H18BrN/c29-21-13-9-19(10-14-21)20-11-15-22(16-12-20)30-18-17-27-25-7-2-1-5-23(25)24-6-3-4-8-26(24)28(27)30/h1-18H. The first-order valence-corrected chi connectivity index (χ1v) is 10.9. The number of hydrogen-bond donors (Lipinski definition) is 0. The average molecular weight is 448 g/mol. The molecule has 0 aliphatic heterocycles. The molecule has 142 valence electrons. The molecule has 30 heavy (non-hydrogen) atoms. The van der Waals surface area contributed by atoms with E-state index >= 15 is 0 Å². The molecular formula is C28H18BrN. The summed E-state index contributed by atoms with van der Waals surface area (Å²) in [5.41, 5.74) is 4.88. The molecule has 1 heterocycles. The number of rotatable bonds is 2. The SMILES string of the molecule is Brc1ccc(-c2ccc(-n3ccc4c5ccccc5c5ccccc5c43)cc2)cc1.